The minimum absolute atomic E-state index is 0.0821. The summed E-state index contributed by atoms with van der Waals surface area (Å²) in [6, 6.07) is 23.3. The summed E-state index contributed by atoms with van der Waals surface area (Å²) >= 11 is 0. The number of aliphatic hydroxyl groups excluding tert-OH is 1. The highest BCUT2D eigenvalue weighted by Crippen LogP contribution is 2.14. The zero-order chi connectivity index (χ0) is 20.5. The van der Waals surface area contributed by atoms with Crippen molar-refractivity contribution in [1.29, 1.82) is 0 Å². The maximum absolute atomic E-state index is 12.1. The predicted molar refractivity (Wildman–Crippen MR) is 116 cm³/mol. The Balaban J connectivity index is 1.44. The monoisotopic (exact) mass is 389 g/mol. The molecule has 1 amide bonds. The van der Waals surface area contributed by atoms with Crippen molar-refractivity contribution in [2.45, 2.75) is 31.9 Å². The van der Waals surface area contributed by atoms with E-state index in [4.69, 9.17) is 0 Å². The van der Waals surface area contributed by atoms with E-state index >= 15 is 0 Å². The van der Waals surface area contributed by atoms with Gasteiger partial charge in [-0.3, -0.25) is 9.78 Å². The number of pyridine rings is 1. The van der Waals surface area contributed by atoms with Gasteiger partial charge in [0.05, 0.1) is 12.5 Å². The molecule has 2 atom stereocenters. The minimum Gasteiger partial charge on any atom is -0.387 e. The molecule has 5 nitrogen and oxygen atoms in total. The summed E-state index contributed by atoms with van der Waals surface area (Å²) in [5, 5.41) is 16.5. The van der Waals surface area contributed by atoms with Crippen LogP contribution in [-0.2, 0) is 17.6 Å². The number of anilines is 1. The standard InChI is InChI=1S/C24H27N3O2/c1-18(26-17-23(28)20-7-3-2-4-8-20)15-19-10-12-21(13-11-19)27-24(29)16-22-9-5-6-14-25-22/h2-14,18,23,26,28H,15-17H2,1H3,(H,27,29)/t18-,23+/m1/s1. The van der Waals surface area contributed by atoms with Gasteiger partial charge in [-0.2, -0.15) is 0 Å². The predicted octanol–water partition coefficient (Wildman–Crippen LogP) is 3.52. The number of carbonyl (C=O) groups is 1. The number of benzene rings is 2. The smallest absolute Gasteiger partial charge is 0.230 e. The van der Waals surface area contributed by atoms with Crippen LogP contribution in [0.15, 0.2) is 79.0 Å². The molecule has 0 aliphatic heterocycles. The number of aromatic nitrogens is 1. The molecule has 1 heterocycles. The van der Waals surface area contributed by atoms with Crippen LogP contribution in [0.5, 0.6) is 0 Å². The van der Waals surface area contributed by atoms with Crippen LogP contribution in [0.1, 0.15) is 29.8 Å². The first-order valence-corrected chi connectivity index (χ1v) is 9.85. The van der Waals surface area contributed by atoms with Crippen LogP contribution in [-0.4, -0.2) is 28.6 Å². The van der Waals surface area contributed by atoms with Crippen molar-refractivity contribution in [3.8, 4) is 0 Å². The molecule has 0 aliphatic rings. The van der Waals surface area contributed by atoms with E-state index < -0.39 is 6.10 Å². The summed E-state index contributed by atoms with van der Waals surface area (Å²) in [5.74, 6) is -0.0821. The first kappa shape index (κ1) is 20.7. The van der Waals surface area contributed by atoms with Gasteiger partial charge in [-0.15, -0.1) is 0 Å². The molecule has 3 aromatic rings. The number of aliphatic hydroxyl groups is 1. The normalized spacial score (nSPS) is 12.9. The molecule has 29 heavy (non-hydrogen) atoms. The van der Waals surface area contributed by atoms with Crippen LogP contribution in [0.3, 0.4) is 0 Å². The van der Waals surface area contributed by atoms with Gasteiger partial charge in [-0.25, -0.2) is 0 Å². The van der Waals surface area contributed by atoms with Crippen molar-refractivity contribution in [2.24, 2.45) is 0 Å². The first-order valence-electron chi connectivity index (χ1n) is 9.85. The van der Waals surface area contributed by atoms with Crippen LogP contribution in [0.4, 0.5) is 5.69 Å². The van der Waals surface area contributed by atoms with Gasteiger partial charge in [0, 0.05) is 30.2 Å². The lowest BCUT2D eigenvalue weighted by atomic mass is 10.1. The summed E-state index contributed by atoms with van der Waals surface area (Å²) < 4.78 is 0. The maximum Gasteiger partial charge on any atom is 0.230 e. The molecule has 0 fully saturated rings. The molecular weight excluding hydrogens is 362 g/mol. The molecule has 3 rings (SSSR count). The lowest BCUT2D eigenvalue weighted by Gasteiger charge is -2.18. The average molecular weight is 389 g/mol. The van der Waals surface area contributed by atoms with Gasteiger partial charge in [0.2, 0.25) is 5.91 Å². The second-order valence-corrected chi connectivity index (χ2v) is 7.18. The fraction of sp³-hybridized carbons (Fsp3) is 0.250. The van der Waals surface area contributed by atoms with E-state index in [-0.39, 0.29) is 18.4 Å². The Morgan fingerprint density at radius 2 is 1.72 bits per heavy atom. The number of carbonyl (C=O) groups excluding carboxylic acids is 1. The van der Waals surface area contributed by atoms with Crippen molar-refractivity contribution >= 4 is 11.6 Å². The van der Waals surface area contributed by atoms with Gasteiger partial charge in [-0.1, -0.05) is 48.5 Å². The summed E-state index contributed by atoms with van der Waals surface area (Å²) in [5.41, 5.74) is 3.61. The van der Waals surface area contributed by atoms with E-state index in [1.54, 1.807) is 6.20 Å². The van der Waals surface area contributed by atoms with E-state index in [9.17, 15) is 9.90 Å². The SMILES string of the molecule is C[C@H](Cc1ccc(NC(=O)Cc2ccccn2)cc1)NC[C@H](O)c1ccccc1. The number of nitrogens with zero attached hydrogens (tertiary/aromatic N) is 1. The molecule has 2 aromatic carbocycles. The third kappa shape index (κ3) is 6.82. The van der Waals surface area contributed by atoms with Gasteiger partial charge >= 0.3 is 0 Å². The largest absolute Gasteiger partial charge is 0.387 e. The maximum atomic E-state index is 12.1. The summed E-state index contributed by atoms with van der Waals surface area (Å²) in [6.07, 6.45) is 2.26. The quantitative estimate of drug-likeness (QED) is 0.524. The van der Waals surface area contributed by atoms with Crippen LogP contribution >= 0.6 is 0 Å². The molecule has 3 N–H and O–H groups in total. The Morgan fingerprint density at radius 3 is 2.41 bits per heavy atom. The molecule has 5 heteroatoms. The molecule has 0 saturated carbocycles. The van der Waals surface area contributed by atoms with Gasteiger partial charge in [0.15, 0.2) is 0 Å². The minimum atomic E-state index is -0.518. The van der Waals surface area contributed by atoms with Gasteiger partial charge < -0.3 is 15.7 Å². The number of hydrogen-bond acceptors (Lipinski definition) is 4. The number of rotatable bonds is 9. The summed E-state index contributed by atoms with van der Waals surface area (Å²) in [6.45, 7) is 2.60. The second-order valence-electron chi connectivity index (χ2n) is 7.18. The van der Waals surface area contributed by atoms with E-state index in [2.05, 4.69) is 22.5 Å². The van der Waals surface area contributed by atoms with E-state index in [1.807, 2.05) is 72.8 Å². The van der Waals surface area contributed by atoms with Crippen molar-refractivity contribution in [2.75, 3.05) is 11.9 Å². The zero-order valence-electron chi connectivity index (χ0n) is 16.6. The highest BCUT2D eigenvalue weighted by atomic mass is 16.3. The first-order chi connectivity index (χ1) is 14.1. The van der Waals surface area contributed by atoms with Crippen molar-refractivity contribution in [3.05, 3.63) is 95.8 Å². The topological polar surface area (TPSA) is 74.2 Å². The van der Waals surface area contributed by atoms with Gasteiger partial charge in [0.1, 0.15) is 0 Å². The molecule has 1 aromatic heterocycles. The Hall–Kier alpha value is -3.02. The lowest BCUT2D eigenvalue weighted by molar-refractivity contribution is -0.115. The summed E-state index contributed by atoms with van der Waals surface area (Å²) in [7, 11) is 0. The number of hydrogen-bond donors (Lipinski definition) is 3. The number of amides is 1. The van der Waals surface area contributed by atoms with Crippen LogP contribution in [0.2, 0.25) is 0 Å². The highest BCUT2D eigenvalue weighted by Gasteiger charge is 2.10. The summed E-state index contributed by atoms with van der Waals surface area (Å²) in [4.78, 5) is 16.3. The molecule has 0 radical (unpaired) electrons. The highest BCUT2D eigenvalue weighted by molar-refractivity contribution is 5.91. The third-order valence-corrected chi connectivity index (χ3v) is 4.69. The average Bonchev–Trinajstić information content (AvgIpc) is 2.75. The number of nitrogens with one attached hydrogen (secondary N) is 2. The van der Waals surface area contributed by atoms with Crippen molar-refractivity contribution in [3.63, 3.8) is 0 Å². The Morgan fingerprint density at radius 1 is 1.00 bits per heavy atom. The molecule has 0 unspecified atom stereocenters. The molecule has 150 valence electrons. The molecule has 0 saturated heterocycles. The Bertz CT molecular complexity index is 883. The van der Waals surface area contributed by atoms with Gasteiger partial charge in [0.25, 0.3) is 0 Å². The Labute approximate surface area is 171 Å². The van der Waals surface area contributed by atoms with Crippen LogP contribution in [0, 0.1) is 0 Å². The molecule has 0 spiro atoms. The van der Waals surface area contributed by atoms with E-state index in [0.717, 1.165) is 23.4 Å². The van der Waals surface area contributed by atoms with E-state index in [0.29, 0.717) is 6.54 Å². The second kappa shape index (κ2) is 10.5. The van der Waals surface area contributed by atoms with E-state index in [1.165, 1.54) is 5.56 Å². The lowest BCUT2D eigenvalue weighted by Crippen LogP contribution is -2.32. The molecule has 0 aliphatic carbocycles. The van der Waals surface area contributed by atoms with Crippen molar-refractivity contribution < 1.29 is 9.90 Å². The van der Waals surface area contributed by atoms with Crippen molar-refractivity contribution in [1.82, 2.24) is 10.3 Å². The fourth-order valence-electron chi connectivity index (χ4n) is 3.13. The Kier molecular flexibility index (Phi) is 7.50. The molecular formula is C24H27N3O2. The third-order valence-electron chi connectivity index (χ3n) is 4.69. The van der Waals surface area contributed by atoms with Gasteiger partial charge in [-0.05, 0) is 48.7 Å². The fourth-order valence-corrected chi connectivity index (χ4v) is 3.13. The zero-order valence-corrected chi connectivity index (χ0v) is 16.6. The molecule has 0 bridgehead atoms. The van der Waals surface area contributed by atoms with Crippen LogP contribution < -0.4 is 10.6 Å². The van der Waals surface area contributed by atoms with Crippen LogP contribution in [0.25, 0.3) is 0 Å².